The van der Waals surface area contributed by atoms with Crippen LogP contribution in [-0.4, -0.2) is 32.1 Å². The zero-order valence-electron chi connectivity index (χ0n) is 10.9. The summed E-state index contributed by atoms with van der Waals surface area (Å²) in [5, 5.41) is 3.26. The second-order valence-corrected chi connectivity index (χ2v) is 5.91. The van der Waals surface area contributed by atoms with Crippen LogP contribution in [0.4, 0.5) is 4.39 Å². The van der Waals surface area contributed by atoms with E-state index in [0.29, 0.717) is 5.92 Å². The summed E-state index contributed by atoms with van der Waals surface area (Å²) in [7, 11) is 4.11. The first-order valence-electron chi connectivity index (χ1n) is 6.43. The van der Waals surface area contributed by atoms with Gasteiger partial charge in [0.15, 0.2) is 0 Å². The van der Waals surface area contributed by atoms with Gasteiger partial charge >= 0.3 is 0 Å². The number of nitrogens with zero attached hydrogens (tertiary/aromatic N) is 1. The Kier molecular flexibility index (Phi) is 4.76. The summed E-state index contributed by atoms with van der Waals surface area (Å²) < 4.78 is 14.5. The summed E-state index contributed by atoms with van der Waals surface area (Å²) in [5.74, 6) is 0.377. The predicted molar refractivity (Wildman–Crippen MR) is 76.1 cm³/mol. The second-order valence-electron chi connectivity index (χ2n) is 5.05. The quantitative estimate of drug-likeness (QED) is 0.921. The van der Waals surface area contributed by atoms with Crippen LogP contribution in [0.15, 0.2) is 22.7 Å². The van der Waals surface area contributed by atoms with Crippen LogP contribution in [0.25, 0.3) is 0 Å². The van der Waals surface area contributed by atoms with Gasteiger partial charge in [-0.05, 0) is 69.7 Å². The number of rotatable bonds is 3. The molecule has 2 atom stereocenters. The Morgan fingerprint density at radius 1 is 1.50 bits per heavy atom. The highest BCUT2D eigenvalue weighted by molar-refractivity contribution is 9.10. The monoisotopic (exact) mass is 314 g/mol. The molecule has 1 heterocycles. The van der Waals surface area contributed by atoms with E-state index in [-0.39, 0.29) is 11.9 Å². The zero-order valence-corrected chi connectivity index (χ0v) is 12.5. The number of nitrogens with one attached hydrogen (secondary N) is 1. The highest BCUT2D eigenvalue weighted by Crippen LogP contribution is 2.38. The fraction of sp³-hybridized carbons (Fsp3) is 0.571. The minimum atomic E-state index is -0.157. The molecule has 0 amide bonds. The molecule has 18 heavy (non-hydrogen) atoms. The summed E-state index contributed by atoms with van der Waals surface area (Å²) >= 11 is 3.56. The molecule has 2 nitrogen and oxygen atoms in total. The average molecular weight is 315 g/mol. The van der Waals surface area contributed by atoms with Crippen LogP contribution in [-0.2, 0) is 0 Å². The first kappa shape index (κ1) is 14.0. The highest BCUT2D eigenvalue weighted by atomic mass is 79.9. The Hall–Kier alpha value is -0.450. The molecular weight excluding hydrogens is 295 g/mol. The maximum atomic E-state index is 13.5. The Labute approximate surface area is 117 Å². The number of halogens is 2. The number of likely N-dealkylation sites (tertiary alicyclic amines) is 1. The van der Waals surface area contributed by atoms with E-state index in [1.807, 2.05) is 13.1 Å². The summed E-state index contributed by atoms with van der Waals surface area (Å²) in [5.41, 5.74) is 1.07. The van der Waals surface area contributed by atoms with Crippen molar-refractivity contribution in [1.29, 1.82) is 0 Å². The van der Waals surface area contributed by atoms with E-state index in [9.17, 15) is 4.39 Å². The first-order valence-corrected chi connectivity index (χ1v) is 7.22. The molecule has 100 valence electrons. The summed E-state index contributed by atoms with van der Waals surface area (Å²) in [4.78, 5) is 2.34. The van der Waals surface area contributed by atoms with Gasteiger partial charge in [-0.2, -0.15) is 0 Å². The van der Waals surface area contributed by atoms with Gasteiger partial charge in [-0.25, -0.2) is 4.39 Å². The van der Waals surface area contributed by atoms with Crippen molar-refractivity contribution >= 4 is 15.9 Å². The van der Waals surface area contributed by atoms with Crippen LogP contribution in [0, 0.1) is 11.7 Å². The molecule has 0 saturated carbocycles. The van der Waals surface area contributed by atoms with E-state index in [1.54, 1.807) is 6.07 Å². The van der Waals surface area contributed by atoms with Crippen molar-refractivity contribution in [3.8, 4) is 0 Å². The van der Waals surface area contributed by atoms with Crippen LogP contribution >= 0.6 is 15.9 Å². The molecule has 1 aliphatic rings. The standard InChI is InChI=1S/C14H20BrFN2/c1-17-9-10-4-3-7-18(2)14(10)12-8-11(16)5-6-13(12)15/h5-6,8,10,14,17H,3-4,7,9H2,1-2H3. The van der Waals surface area contributed by atoms with Gasteiger partial charge < -0.3 is 5.32 Å². The minimum Gasteiger partial charge on any atom is -0.319 e. The Bertz CT molecular complexity index is 409. The van der Waals surface area contributed by atoms with E-state index >= 15 is 0 Å². The van der Waals surface area contributed by atoms with E-state index in [2.05, 4.69) is 33.2 Å². The topological polar surface area (TPSA) is 15.3 Å². The van der Waals surface area contributed by atoms with Gasteiger partial charge in [0.05, 0.1) is 0 Å². The maximum Gasteiger partial charge on any atom is 0.123 e. The third-order valence-electron chi connectivity index (χ3n) is 3.75. The van der Waals surface area contributed by atoms with E-state index < -0.39 is 0 Å². The molecule has 0 spiro atoms. The van der Waals surface area contributed by atoms with Crippen molar-refractivity contribution in [3.05, 3.63) is 34.1 Å². The number of hydrogen-bond acceptors (Lipinski definition) is 2. The molecule has 1 fully saturated rings. The molecule has 2 unspecified atom stereocenters. The Morgan fingerprint density at radius 3 is 3.00 bits per heavy atom. The smallest absolute Gasteiger partial charge is 0.123 e. The predicted octanol–water partition coefficient (Wildman–Crippen LogP) is 3.19. The number of hydrogen-bond donors (Lipinski definition) is 1. The summed E-state index contributed by atoms with van der Waals surface area (Å²) in [6.45, 7) is 2.05. The third kappa shape index (κ3) is 2.92. The number of piperidine rings is 1. The van der Waals surface area contributed by atoms with E-state index in [4.69, 9.17) is 0 Å². The lowest BCUT2D eigenvalue weighted by Crippen LogP contribution is -2.40. The van der Waals surface area contributed by atoms with Gasteiger partial charge in [0.2, 0.25) is 0 Å². The molecule has 0 radical (unpaired) electrons. The van der Waals surface area contributed by atoms with Crippen molar-refractivity contribution in [3.63, 3.8) is 0 Å². The first-order chi connectivity index (χ1) is 8.63. The molecular formula is C14H20BrFN2. The lowest BCUT2D eigenvalue weighted by molar-refractivity contribution is 0.120. The SMILES string of the molecule is CNCC1CCCN(C)C1c1cc(F)ccc1Br. The van der Waals surface area contributed by atoms with Crippen LogP contribution in [0.3, 0.4) is 0 Å². The lowest BCUT2D eigenvalue weighted by atomic mass is 9.85. The average Bonchev–Trinajstić information content (AvgIpc) is 2.34. The molecule has 1 aliphatic heterocycles. The molecule has 4 heteroatoms. The van der Waals surface area contributed by atoms with Crippen LogP contribution in [0.1, 0.15) is 24.4 Å². The Balaban J connectivity index is 2.33. The van der Waals surface area contributed by atoms with E-state index in [1.165, 1.54) is 18.9 Å². The summed E-state index contributed by atoms with van der Waals surface area (Å²) in [6.07, 6.45) is 2.41. The van der Waals surface area contributed by atoms with Gasteiger partial charge in [0, 0.05) is 10.5 Å². The van der Waals surface area contributed by atoms with Crippen LogP contribution < -0.4 is 5.32 Å². The largest absolute Gasteiger partial charge is 0.319 e. The minimum absolute atomic E-state index is 0.157. The van der Waals surface area contributed by atoms with Crippen molar-refractivity contribution in [2.45, 2.75) is 18.9 Å². The molecule has 1 aromatic carbocycles. The molecule has 0 aliphatic carbocycles. The van der Waals surface area contributed by atoms with Crippen molar-refractivity contribution in [2.75, 3.05) is 27.2 Å². The highest BCUT2D eigenvalue weighted by Gasteiger charge is 2.31. The molecule has 1 N–H and O–H groups in total. The van der Waals surface area contributed by atoms with Gasteiger partial charge in [-0.3, -0.25) is 4.90 Å². The van der Waals surface area contributed by atoms with Crippen molar-refractivity contribution in [1.82, 2.24) is 10.2 Å². The molecule has 0 bridgehead atoms. The van der Waals surface area contributed by atoms with Gasteiger partial charge in [-0.15, -0.1) is 0 Å². The van der Waals surface area contributed by atoms with Crippen LogP contribution in [0.5, 0.6) is 0 Å². The normalized spacial score (nSPS) is 25.3. The molecule has 0 aromatic heterocycles. The molecule has 1 aromatic rings. The third-order valence-corrected chi connectivity index (χ3v) is 4.47. The van der Waals surface area contributed by atoms with Crippen molar-refractivity contribution in [2.24, 2.45) is 5.92 Å². The Morgan fingerprint density at radius 2 is 2.28 bits per heavy atom. The fourth-order valence-electron chi connectivity index (χ4n) is 2.97. The molecule has 2 rings (SSSR count). The fourth-order valence-corrected chi connectivity index (χ4v) is 3.45. The van der Waals surface area contributed by atoms with E-state index in [0.717, 1.165) is 23.1 Å². The van der Waals surface area contributed by atoms with Crippen molar-refractivity contribution < 1.29 is 4.39 Å². The van der Waals surface area contributed by atoms with Gasteiger partial charge in [0.25, 0.3) is 0 Å². The second kappa shape index (κ2) is 6.13. The van der Waals surface area contributed by atoms with Crippen LogP contribution in [0.2, 0.25) is 0 Å². The summed E-state index contributed by atoms with van der Waals surface area (Å²) in [6, 6.07) is 5.27. The van der Waals surface area contributed by atoms with Gasteiger partial charge in [-0.1, -0.05) is 15.9 Å². The maximum absolute atomic E-state index is 13.5. The number of benzene rings is 1. The molecule has 1 saturated heterocycles. The zero-order chi connectivity index (χ0) is 13.1. The van der Waals surface area contributed by atoms with Gasteiger partial charge in [0.1, 0.15) is 5.82 Å². The lowest BCUT2D eigenvalue weighted by Gasteiger charge is -2.40.